The van der Waals surface area contributed by atoms with Crippen LogP contribution in [0, 0.1) is 0 Å². The lowest BCUT2D eigenvalue weighted by molar-refractivity contribution is 0.0691. The van der Waals surface area contributed by atoms with E-state index in [-0.39, 0.29) is 24.4 Å². The first kappa shape index (κ1) is 19.3. The molecule has 7 heteroatoms. The molecule has 134 valence electrons. The third kappa shape index (κ3) is 4.55. The summed E-state index contributed by atoms with van der Waals surface area (Å²) in [4.78, 5) is 18.8. The average Bonchev–Trinajstić information content (AvgIpc) is 2.73. The molecule has 0 saturated carbocycles. The Kier molecular flexibility index (Phi) is 6.91. The van der Waals surface area contributed by atoms with Gasteiger partial charge in [0.1, 0.15) is 17.4 Å². The molecule has 0 spiro atoms. The summed E-state index contributed by atoms with van der Waals surface area (Å²) in [6.45, 7) is 0.979. The highest BCUT2D eigenvalue weighted by atomic mass is 35.5. The van der Waals surface area contributed by atoms with Crippen LogP contribution < -0.4 is 9.47 Å². The average molecular weight is 383 g/mol. The van der Waals surface area contributed by atoms with Gasteiger partial charge >= 0.3 is 0 Å². The lowest BCUT2D eigenvalue weighted by Gasteiger charge is -2.24. The summed E-state index contributed by atoms with van der Waals surface area (Å²) >= 11 is 5.88. The maximum absolute atomic E-state index is 12.9. The summed E-state index contributed by atoms with van der Waals surface area (Å²) in [6.07, 6.45) is 2.12. The quantitative estimate of drug-likeness (QED) is 0.742. The monoisotopic (exact) mass is 382 g/mol. The number of amides is 1. The van der Waals surface area contributed by atoms with Crippen LogP contribution in [0.15, 0.2) is 42.6 Å². The van der Waals surface area contributed by atoms with Gasteiger partial charge in [0, 0.05) is 18.6 Å². The van der Waals surface area contributed by atoms with Crippen molar-refractivity contribution < 1.29 is 14.3 Å². The maximum Gasteiger partial charge on any atom is 0.259 e. The zero-order chi connectivity index (χ0) is 16.9. The van der Waals surface area contributed by atoms with Crippen molar-refractivity contribution in [3.8, 4) is 11.6 Å². The number of halogens is 2. The molecule has 1 aromatic heterocycles. The van der Waals surface area contributed by atoms with E-state index in [4.69, 9.17) is 21.1 Å². The van der Waals surface area contributed by atoms with Crippen LogP contribution in [0.25, 0.3) is 0 Å². The molecule has 1 atom stereocenters. The van der Waals surface area contributed by atoms with Crippen molar-refractivity contribution in [2.75, 3.05) is 19.5 Å². The molecule has 0 bridgehead atoms. The molecule has 1 aliphatic rings. The number of aromatic nitrogens is 1. The molecule has 0 aliphatic carbocycles. The first-order valence-corrected chi connectivity index (χ1v) is 8.34. The van der Waals surface area contributed by atoms with E-state index in [0.29, 0.717) is 36.8 Å². The molecule has 1 unspecified atom stereocenters. The minimum atomic E-state index is -0.166. The molecule has 1 aromatic carbocycles. The first-order chi connectivity index (χ1) is 11.7. The van der Waals surface area contributed by atoms with Crippen molar-refractivity contribution in [2.45, 2.75) is 19.1 Å². The van der Waals surface area contributed by atoms with Gasteiger partial charge in [-0.15, -0.1) is 24.0 Å². The molecule has 0 N–H and O–H groups in total. The van der Waals surface area contributed by atoms with Crippen LogP contribution in [-0.4, -0.2) is 41.4 Å². The standard InChI is InChI=1S/C18H19ClN2O3.ClH/c1-23-14-6-4-13(5-7-14)11-21-12-15(8-9-19)24-17-16(18(21)22)3-2-10-20-17;/h2-7,10,15H,8-9,11-12H2,1H3;1H. The molecule has 25 heavy (non-hydrogen) atoms. The fourth-order valence-corrected chi connectivity index (χ4v) is 2.94. The third-order valence-electron chi connectivity index (χ3n) is 3.95. The highest BCUT2D eigenvalue weighted by molar-refractivity contribution is 6.17. The van der Waals surface area contributed by atoms with Crippen LogP contribution in [0.5, 0.6) is 11.6 Å². The van der Waals surface area contributed by atoms with E-state index in [9.17, 15) is 4.79 Å². The zero-order valence-corrected chi connectivity index (χ0v) is 15.4. The number of methoxy groups -OCH3 is 1. The second kappa shape index (κ2) is 8.92. The summed E-state index contributed by atoms with van der Waals surface area (Å²) in [5.41, 5.74) is 1.52. The summed E-state index contributed by atoms with van der Waals surface area (Å²) in [6, 6.07) is 11.2. The molecule has 0 fully saturated rings. The van der Waals surface area contributed by atoms with Crippen molar-refractivity contribution in [3.63, 3.8) is 0 Å². The molecule has 2 heterocycles. The van der Waals surface area contributed by atoms with Crippen LogP contribution in [0.3, 0.4) is 0 Å². The normalized spacial score (nSPS) is 16.3. The minimum Gasteiger partial charge on any atom is -0.497 e. The SMILES string of the molecule is COc1ccc(CN2CC(CCCl)Oc3ncccc3C2=O)cc1.Cl. The number of carbonyl (C=O) groups is 1. The van der Waals surface area contributed by atoms with E-state index in [0.717, 1.165) is 11.3 Å². The number of pyridine rings is 1. The van der Waals surface area contributed by atoms with E-state index in [1.165, 1.54) is 0 Å². The zero-order valence-electron chi connectivity index (χ0n) is 13.9. The predicted molar refractivity (Wildman–Crippen MR) is 99.0 cm³/mol. The first-order valence-electron chi connectivity index (χ1n) is 7.81. The Morgan fingerprint density at radius 2 is 2.08 bits per heavy atom. The number of alkyl halides is 1. The second-order valence-electron chi connectivity index (χ2n) is 5.61. The summed E-state index contributed by atoms with van der Waals surface area (Å²) < 4.78 is 11.1. The highest BCUT2D eigenvalue weighted by Crippen LogP contribution is 2.25. The Balaban J connectivity index is 0.00000225. The third-order valence-corrected chi connectivity index (χ3v) is 4.17. The van der Waals surface area contributed by atoms with Gasteiger partial charge in [0.25, 0.3) is 5.91 Å². The van der Waals surface area contributed by atoms with Gasteiger partial charge in [0.15, 0.2) is 0 Å². The molecule has 2 aromatic rings. The lowest BCUT2D eigenvalue weighted by Crippen LogP contribution is -2.36. The molecular weight excluding hydrogens is 363 g/mol. The molecular formula is C18H20Cl2N2O3. The summed E-state index contributed by atoms with van der Waals surface area (Å²) in [5.74, 6) is 1.57. The van der Waals surface area contributed by atoms with Gasteiger partial charge in [-0.1, -0.05) is 12.1 Å². The minimum absolute atomic E-state index is 0. The van der Waals surface area contributed by atoms with Crippen LogP contribution in [0.2, 0.25) is 0 Å². The second-order valence-corrected chi connectivity index (χ2v) is 5.99. The summed E-state index contributed by atoms with van der Waals surface area (Å²) in [7, 11) is 1.63. The van der Waals surface area contributed by atoms with E-state index in [1.54, 1.807) is 30.3 Å². The van der Waals surface area contributed by atoms with Gasteiger partial charge in [-0.3, -0.25) is 4.79 Å². The molecule has 3 rings (SSSR count). The number of nitrogens with zero attached hydrogens (tertiary/aromatic N) is 2. The van der Waals surface area contributed by atoms with Crippen LogP contribution >= 0.6 is 24.0 Å². The van der Waals surface area contributed by atoms with E-state index in [2.05, 4.69) is 4.98 Å². The number of hydrogen-bond donors (Lipinski definition) is 0. The van der Waals surface area contributed by atoms with Crippen molar-refractivity contribution in [3.05, 3.63) is 53.7 Å². The van der Waals surface area contributed by atoms with E-state index < -0.39 is 0 Å². The lowest BCUT2D eigenvalue weighted by atomic mass is 10.1. The fraction of sp³-hybridized carbons (Fsp3) is 0.333. The molecule has 1 aliphatic heterocycles. The van der Waals surface area contributed by atoms with Crippen LogP contribution in [-0.2, 0) is 6.54 Å². The van der Waals surface area contributed by atoms with E-state index >= 15 is 0 Å². The number of rotatable bonds is 5. The van der Waals surface area contributed by atoms with Crippen molar-refractivity contribution in [2.24, 2.45) is 0 Å². The number of fused-ring (bicyclic) bond motifs is 1. The van der Waals surface area contributed by atoms with Gasteiger partial charge in [-0.05, 0) is 36.2 Å². The maximum atomic E-state index is 12.9. The van der Waals surface area contributed by atoms with Crippen molar-refractivity contribution >= 4 is 29.9 Å². The number of hydrogen-bond acceptors (Lipinski definition) is 4. The molecule has 0 saturated heterocycles. The topological polar surface area (TPSA) is 51.7 Å². The van der Waals surface area contributed by atoms with Crippen LogP contribution in [0.4, 0.5) is 0 Å². The van der Waals surface area contributed by atoms with E-state index in [1.807, 2.05) is 24.3 Å². The summed E-state index contributed by atoms with van der Waals surface area (Å²) in [5, 5.41) is 0. The Bertz CT molecular complexity index is 710. The molecule has 5 nitrogen and oxygen atoms in total. The van der Waals surface area contributed by atoms with Gasteiger partial charge in [-0.25, -0.2) is 4.98 Å². The largest absolute Gasteiger partial charge is 0.497 e. The van der Waals surface area contributed by atoms with Gasteiger partial charge in [-0.2, -0.15) is 0 Å². The Morgan fingerprint density at radius 1 is 1.32 bits per heavy atom. The number of carbonyl (C=O) groups excluding carboxylic acids is 1. The van der Waals surface area contributed by atoms with Crippen molar-refractivity contribution in [1.82, 2.24) is 9.88 Å². The Hall–Kier alpha value is -1.98. The van der Waals surface area contributed by atoms with Gasteiger partial charge in [0.2, 0.25) is 5.88 Å². The van der Waals surface area contributed by atoms with Crippen LogP contribution in [0.1, 0.15) is 22.3 Å². The predicted octanol–water partition coefficient (Wildman–Crippen LogP) is 3.54. The number of ether oxygens (including phenoxy) is 2. The smallest absolute Gasteiger partial charge is 0.259 e. The van der Waals surface area contributed by atoms with Gasteiger partial charge < -0.3 is 14.4 Å². The van der Waals surface area contributed by atoms with Crippen molar-refractivity contribution in [1.29, 1.82) is 0 Å². The Labute approximate surface area is 158 Å². The Morgan fingerprint density at radius 3 is 2.76 bits per heavy atom. The van der Waals surface area contributed by atoms with Gasteiger partial charge in [0.05, 0.1) is 13.7 Å². The molecule has 1 amide bonds. The molecule has 0 radical (unpaired) electrons. The number of benzene rings is 1. The fourth-order valence-electron chi connectivity index (χ4n) is 2.70. The highest BCUT2D eigenvalue weighted by Gasteiger charge is 2.29.